The summed E-state index contributed by atoms with van der Waals surface area (Å²) in [4.78, 5) is 41.9. The molecule has 6 aromatic rings. The normalized spacial score (nSPS) is 10.7. The molecule has 0 saturated heterocycles. The van der Waals surface area contributed by atoms with Gasteiger partial charge >= 0.3 is 5.97 Å². The van der Waals surface area contributed by atoms with E-state index in [2.05, 4.69) is 15.5 Å². The third kappa shape index (κ3) is 8.33. The minimum absolute atomic E-state index is 0.0189. The third-order valence-electron chi connectivity index (χ3n) is 8.28. The summed E-state index contributed by atoms with van der Waals surface area (Å²) in [5.74, 6) is 0.476. The number of carboxylic acids is 1. The summed E-state index contributed by atoms with van der Waals surface area (Å²) in [5.41, 5.74) is 5.24. The average Bonchev–Trinajstić information content (AvgIpc) is 3.17. The molecule has 0 aliphatic carbocycles. The molecule has 4 N–H and O–H groups in total. The number of aromatic carboxylic acids is 1. The zero-order chi connectivity index (χ0) is 36.6. The lowest BCUT2D eigenvalue weighted by atomic mass is 9.95. The zero-order valence-corrected chi connectivity index (χ0v) is 28.3. The first kappa shape index (κ1) is 35.1. The Hall–Kier alpha value is -6.75. The van der Waals surface area contributed by atoms with E-state index in [4.69, 9.17) is 14.7 Å². The number of carbonyl (C=O) groups excluding carboxylic acids is 2. The number of benzene rings is 6. The third-order valence-corrected chi connectivity index (χ3v) is 8.28. The van der Waals surface area contributed by atoms with Gasteiger partial charge in [0.1, 0.15) is 29.6 Å². The van der Waals surface area contributed by atoms with E-state index >= 15 is 0 Å². The van der Waals surface area contributed by atoms with E-state index in [9.17, 15) is 19.5 Å². The van der Waals surface area contributed by atoms with Crippen molar-refractivity contribution in [3.8, 4) is 45.3 Å². The molecule has 6 rings (SSSR count). The van der Waals surface area contributed by atoms with E-state index in [0.717, 1.165) is 22.6 Å². The number of carbonyl (C=O) groups is 3. The minimum atomic E-state index is -1.24. The van der Waals surface area contributed by atoms with Crippen LogP contribution in [-0.4, -0.2) is 35.2 Å². The quantitative estimate of drug-likeness (QED) is 0.0733. The van der Waals surface area contributed by atoms with Crippen molar-refractivity contribution >= 4 is 23.5 Å². The molecule has 10 heteroatoms. The van der Waals surface area contributed by atoms with Crippen molar-refractivity contribution in [2.24, 2.45) is 0 Å². The first-order valence-corrected chi connectivity index (χ1v) is 16.2. The predicted molar refractivity (Wildman–Crippen MR) is 197 cm³/mol. The molecule has 6 aromatic carbocycles. The molecule has 0 fully saturated rings. The molecule has 0 saturated carbocycles. The molecule has 0 unspecified atom stereocenters. The fourth-order valence-electron chi connectivity index (χ4n) is 5.51. The van der Waals surface area contributed by atoms with Gasteiger partial charge in [-0.1, -0.05) is 60.2 Å². The zero-order valence-electron chi connectivity index (χ0n) is 28.3. The number of anilines is 1. The van der Waals surface area contributed by atoms with Crippen LogP contribution < -0.4 is 20.1 Å². The van der Waals surface area contributed by atoms with Crippen LogP contribution in [0.5, 0.6) is 23.0 Å². The van der Waals surface area contributed by atoms with Gasteiger partial charge in [-0.15, -0.1) is 0 Å². The van der Waals surface area contributed by atoms with Crippen LogP contribution in [0.2, 0.25) is 0 Å². The summed E-state index contributed by atoms with van der Waals surface area (Å²) in [6.07, 6.45) is 0. The Morgan fingerprint density at radius 2 is 1.02 bits per heavy atom. The topological polar surface area (TPSA) is 143 Å². The Morgan fingerprint density at radius 3 is 1.52 bits per heavy atom. The van der Waals surface area contributed by atoms with Gasteiger partial charge in [0.2, 0.25) is 0 Å². The Morgan fingerprint density at radius 1 is 0.558 bits per heavy atom. The van der Waals surface area contributed by atoms with E-state index in [1.807, 2.05) is 79.7 Å². The summed E-state index contributed by atoms with van der Waals surface area (Å²) >= 11 is 0. The number of ether oxygens (including phenoxy) is 2. The lowest BCUT2D eigenvalue weighted by Crippen LogP contribution is -2.21. The highest BCUT2D eigenvalue weighted by atomic mass is 17.1. The number of nitrogens with one attached hydrogen (secondary N) is 2. The molecule has 0 aliphatic heterocycles. The van der Waals surface area contributed by atoms with E-state index < -0.39 is 17.8 Å². The molecule has 0 atom stereocenters. The van der Waals surface area contributed by atoms with Gasteiger partial charge in [-0.3, -0.25) is 14.8 Å². The molecule has 0 radical (unpaired) electrons. The number of hydrogen-bond acceptors (Lipinski definition) is 7. The summed E-state index contributed by atoms with van der Waals surface area (Å²) in [6.45, 7) is 1.79. The van der Waals surface area contributed by atoms with E-state index in [-0.39, 0.29) is 23.3 Å². The van der Waals surface area contributed by atoms with Gasteiger partial charge in [-0.2, -0.15) is 0 Å². The van der Waals surface area contributed by atoms with Crippen LogP contribution in [0.25, 0.3) is 22.3 Å². The highest BCUT2D eigenvalue weighted by Crippen LogP contribution is 2.30. The Balaban J connectivity index is 1.11. The van der Waals surface area contributed by atoms with Crippen LogP contribution in [0.3, 0.4) is 0 Å². The predicted octanol–water partition coefficient (Wildman–Crippen LogP) is 9.21. The Kier molecular flexibility index (Phi) is 10.7. The van der Waals surface area contributed by atoms with Gasteiger partial charge in [-0.25, -0.2) is 9.68 Å². The lowest BCUT2D eigenvalue weighted by molar-refractivity contribution is -0.253. The number of rotatable bonds is 12. The van der Waals surface area contributed by atoms with Gasteiger partial charge in [0.05, 0.1) is 11.1 Å². The molecule has 0 aliphatic rings. The van der Waals surface area contributed by atoms with Crippen LogP contribution in [0.15, 0.2) is 133 Å². The van der Waals surface area contributed by atoms with Crippen molar-refractivity contribution in [2.45, 2.75) is 13.5 Å². The summed E-state index contributed by atoms with van der Waals surface area (Å²) in [6, 6.07) is 39.6. The van der Waals surface area contributed by atoms with Crippen molar-refractivity contribution in [3.05, 3.63) is 161 Å². The van der Waals surface area contributed by atoms with Crippen LogP contribution in [0.1, 0.15) is 42.2 Å². The summed E-state index contributed by atoms with van der Waals surface area (Å²) in [5, 5.41) is 24.0. The molecule has 0 spiro atoms. The largest absolute Gasteiger partial charge is 0.478 e. The Labute approximate surface area is 299 Å². The smallest absolute Gasteiger partial charge is 0.336 e. The highest BCUT2D eigenvalue weighted by Gasteiger charge is 2.19. The summed E-state index contributed by atoms with van der Waals surface area (Å²) < 4.78 is 12.0. The van der Waals surface area contributed by atoms with Gasteiger partial charge < -0.3 is 25.2 Å². The van der Waals surface area contributed by atoms with Crippen molar-refractivity contribution in [2.75, 3.05) is 12.4 Å². The van der Waals surface area contributed by atoms with Crippen LogP contribution in [0.4, 0.5) is 5.69 Å². The maximum atomic E-state index is 13.5. The van der Waals surface area contributed by atoms with Gasteiger partial charge in [0.15, 0.2) is 0 Å². The molecule has 0 bridgehead atoms. The average molecular weight is 695 g/mol. The molecular formula is C42H34N2O8. The number of aryl methyl sites for hydroxylation is 1. The second kappa shape index (κ2) is 15.9. The van der Waals surface area contributed by atoms with Crippen molar-refractivity contribution in [1.29, 1.82) is 0 Å². The highest BCUT2D eigenvalue weighted by molar-refractivity contribution is 6.07. The molecule has 52 heavy (non-hydrogen) atoms. The Bertz CT molecular complexity index is 2210. The van der Waals surface area contributed by atoms with E-state index in [0.29, 0.717) is 33.9 Å². The SMILES string of the molecule is CNC(=O)c1cc(-c2ccc(COO)c(C(=O)Nc3ccc(Oc4ccc(-c5ccc(Oc6ccc(C)cc6)cc5)cc4)cc3)c2)ccc1C(=O)O. The summed E-state index contributed by atoms with van der Waals surface area (Å²) in [7, 11) is 1.41. The van der Waals surface area contributed by atoms with Gasteiger partial charge in [0, 0.05) is 18.3 Å². The first-order valence-electron chi connectivity index (χ1n) is 16.2. The lowest BCUT2D eigenvalue weighted by Gasteiger charge is -2.13. The van der Waals surface area contributed by atoms with Gasteiger partial charge in [0.25, 0.3) is 11.8 Å². The van der Waals surface area contributed by atoms with E-state index in [1.54, 1.807) is 48.5 Å². The van der Waals surface area contributed by atoms with Gasteiger partial charge in [-0.05, 0) is 114 Å². The van der Waals surface area contributed by atoms with Crippen LogP contribution in [0, 0.1) is 6.92 Å². The molecule has 0 aromatic heterocycles. The van der Waals surface area contributed by atoms with E-state index in [1.165, 1.54) is 24.7 Å². The molecule has 2 amide bonds. The second-order valence-electron chi connectivity index (χ2n) is 11.8. The minimum Gasteiger partial charge on any atom is -0.478 e. The van der Waals surface area contributed by atoms with Crippen LogP contribution >= 0.6 is 0 Å². The monoisotopic (exact) mass is 694 g/mol. The molecular weight excluding hydrogens is 660 g/mol. The van der Waals surface area contributed by atoms with Crippen molar-refractivity contribution in [1.82, 2.24) is 5.32 Å². The second-order valence-corrected chi connectivity index (χ2v) is 11.8. The number of amides is 2. The number of hydrogen-bond donors (Lipinski definition) is 4. The number of carboxylic acid groups (broad SMARTS) is 1. The first-order chi connectivity index (χ1) is 25.2. The van der Waals surface area contributed by atoms with Crippen molar-refractivity contribution in [3.63, 3.8) is 0 Å². The fourth-order valence-corrected chi connectivity index (χ4v) is 5.51. The maximum absolute atomic E-state index is 13.5. The molecule has 10 nitrogen and oxygen atoms in total. The van der Waals surface area contributed by atoms with Crippen LogP contribution in [-0.2, 0) is 11.5 Å². The molecule has 260 valence electrons. The maximum Gasteiger partial charge on any atom is 0.336 e. The van der Waals surface area contributed by atoms with Crippen molar-refractivity contribution < 1.29 is 39.1 Å². The molecule has 0 heterocycles. The fraction of sp³-hybridized carbons (Fsp3) is 0.0714. The standard InChI is InChI=1S/C42H34N2O8/c1-26-3-14-33(15-4-26)51-34-16-7-27(8-17-34)28-9-18-35(19-10-28)52-36-20-12-32(13-21-36)44-41(46)38-23-29(5-6-31(38)25-50-49)30-11-22-37(42(47)48)39(24-30)40(45)43-2/h3-24,49H,25H2,1-2H3,(H,43,45)(H,44,46)(H,47,48).